The van der Waals surface area contributed by atoms with Crippen LogP contribution in [-0.2, 0) is 0 Å². The molecule has 3 N–H and O–H groups in total. The smallest absolute Gasteiger partial charge is 0.125 e. The maximum absolute atomic E-state index is 5.66. The lowest BCUT2D eigenvalue weighted by atomic mass is 10.1. The molecule has 1 unspecified atom stereocenters. The number of nitrogen functional groups attached to an aromatic ring is 1. The first-order valence-corrected chi connectivity index (χ1v) is 6.43. The third kappa shape index (κ3) is 2.77. The van der Waals surface area contributed by atoms with E-state index < -0.39 is 0 Å². The van der Waals surface area contributed by atoms with E-state index in [0.29, 0.717) is 5.82 Å². The first-order valence-electron chi connectivity index (χ1n) is 5.61. The summed E-state index contributed by atoms with van der Waals surface area (Å²) in [5, 5.41) is 3.44. The number of aromatic nitrogens is 1. The highest BCUT2D eigenvalue weighted by Gasteiger charge is 2.11. The molecular weight excluding hydrogens is 230 g/mol. The Hall–Kier alpha value is -1.55. The Morgan fingerprint density at radius 2 is 2.12 bits per heavy atom. The molecule has 0 aliphatic heterocycles. The van der Waals surface area contributed by atoms with E-state index in [0.717, 1.165) is 5.69 Å². The average Bonchev–Trinajstić information content (AvgIpc) is 2.58. The Kier molecular flexibility index (Phi) is 3.33. The van der Waals surface area contributed by atoms with Gasteiger partial charge in [-0.2, -0.15) is 0 Å². The van der Waals surface area contributed by atoms with E-state index in [9.17, 15) is 0 Å². The van der Waals surface area contributed by atoms with Crippen molar-refractivity contribution in [1.29, 1.82) is 0 Å². The van der Waals surface area contributed by atoms with E-state index in [2.05, 4.69) is 37.1 Å². The van der Waals surface area contributed by atoms with Crippen molar-refractivity contribution in [3.05, 3.63) is 39.7 Å². The quantitative estimate of drug-likeness (QED) is 0.872. The summed E-state index contributed by atoms with van der Waals surface area (Å²) >= 11 is 1.83. The van der Waals surface area contributed by atoms with Gasteiger partial charge in [0.15, 0.2) is 0 Å². The Bertz CT molecular complexity index is 519. The fraction of sp³-hybridized carbons (Fsp3) is 0.308. The molecule has 4 heteroatoms. The van der Waals surface area contributed by atoms with Gasteiger partial charge in [0.2, 0.25) is 0 Å². The molecule has 0 radical (unpaired) electrons. The fourth-order valence-corrected chi connectivity index (χ4v) is 2.97. The molecule has 0 saturated heterocycles. The number of nitrogens with one attached hydrogen (secondary N) is 1. The number of hydrogen-bond donors (Lipinski definition) is 2. The number of nitrogens with two attached hydrogens (primary N) is 1. The van der Waals surface area contributed by atoms with Crippen LogP contribution in [0.1, 0.15) is 28.3 Å². The van der Waals surface area contributed by atoms with E-state index in [4.69, 9.17) is 5.73 Å². The minimum Gasteiger partial charge on any atom is -0.384 e. The second kappa shape index (κ2) is 4.75. The van der Waals surface area contributed by atoms with Crippen LogP contribution in [0.4, 0.5) is 11.5 Å². The second-order valence-electron chi connectivity index (χ2n) is 4.20. The predicted octanol–water partition coefficient (Wildman–Crippen LogP) is 3.52. The van der Waals surface area contributed by atoms with Gasteiger partial charge in [-0.15, -0.1) is 11.3 Å². The highest BCUT2D eigenvalue weighted by Crippen LogP contribution is 2.28. The van der Waals surface area contributed by atoms with Gasteiger partial charge in [-0.1, -0.05) is 0 Å². The van der Waals surface area contributed by atoms with Gasteiger partial charge in [0, 0.05) is 33.7 Å². The summed E-state index contributed by atoms with van der Waals surface area (Å²) in [5.74, 6) is 0.542. The van der Waals surface area contributed by atoms with Gasteiger partial charge in [0.25, 0.3) is 0 Å². The van der Waals surface area contributed by atoms with Crippen molar-refractivity contribution in [2.45, 2.75) is 26.8 Å². The molecule has 0 aromatic carbocycles. The monoisotopic (exact) mass is 247 g/mol. The molecule has 2 heterocycles. The summed E-state index contributed by atoms with van der Waals surface area (Å²) in [6.45, 7) is 6.45. The van der Waals surface area contributed by atoms with Gasteiger partial charge in [0.1, 0.15) is 5.82 Å². The minimum atomic E-state index is 0.279. The van der Waals surface area contributed by atoms with Crippen molar-refractivity contribution in [1.82, 2.24) is 4.98 Å². The molecule has 1 atom stereocenters. The summed E-state index contributed by atoms with van der Waals surface area (Å²) in [5.41, 5.74) is 8.02. The van der Waals surface area contributed by atoms with Crippen LogP contribution >= 0.6 is 11.3 Å². The van der Waals surface area contributed by atoms with Gasteiger partial charge in [-0.3, -0.25) is 0 Å². The molecule has 0 fully saturated rings. The molecule has 0 amide bonds. The Morgan fingerprint density at radius 1 is 1.35 bits per heavy atom. The van der Waals surface area contributed by atoms with Crippen LogP contribution in [0.3, 0.4) is 0 Å². The molecule has 2 aromatic heterocycles. The van der Waals surface area contributed by atoms with E-state index in [1.165, 1.54) is 15.3 Å². The average molecular weight is 247 g/mol. The number of anilines is 2. The number of pyridine rings is 1. The summed E-state index contributed by atoms with van der Waals surface area (Å²) in [6, 6.07) is 6.30. The number of hydrogen-bond acceptors (Lipinski definition) is 4. The van der Waals surface area contributed by atoms with E-state index in [1.807, 2.05) is 23.5 Å². The first kappa shape index (κ1) is 11.9. The van der Waals surface area contributed by atoms with Crippen LogP contribution in [0.15, 0.2) is 24.4 Å². The largest absolute Gasteiger partial charge is 0.384 e. The van der Waals surface area contributed by atoms with Gasteiger partial charge in [0.05, 0.1) is 0 Å². The number of aryl methyl sites for hydroxylation is 2. The number of nitrogens with zero attached hydrogens (tertiary/aromatic N) is 1. The zero-order valence-electron chi connectivity index (χ0n) is 10.3. The summed E-state index contributed by atoms with van der Waals surface area (Å²) in [6.07, 6.45) is 1.72. The molecule has 0 spiro atoms. The minimum absolute atomic E-state index is 0.279. The van der Waals surface area contributed by atoms with E-state index in [1.54, 1.807) is 6.20 Å². The van der Waals surface area contributed by atoms with Crippen molar-refractivity contribution < 1.29 is 0 Å². The molecule has 2 rings (SSSR count). The van der Waals surface area contributed by atoms with Crippen molar-refractivity contribution in [2.24, 2.45) is 0 Å². The van der Waals surface area contributed by atoms with Gasteiger partial charge >= 0.3 is 0 Å². The molecule has 0 aliphatic carbocycles. The van der Waals surface area contributed by atoms with Crippen LogP contribution in [-0.4, -0.2) is 4.98 Å². The van der Waals surface area contributed by atoms with Gasteiger partial charge < -0.3 is 11.1 Å². The van der Waals surface area contributed by atoms with Crippen molar-refractivity contribution in [3.63, 3.8) is 0 Å². The van der Waals surface area contributed by atoms with Crippen LogP contribution in [0.5, 0.6) is 0 Å². The lowest BCUT2D eigenvalue weighted by molar-refractivity contribution is 0.881. The highest BCUT2D eigenvalue weighted by atomic mass is 32.1. The molecule has 2 aromatic rings. The lowest BCUT2D eigenvalue weighted by Crippen LogP contribution is -2.07. The lowest BCUT2D eigenvalue weighted by Gasteiger charge is -2.15. The van der Waals surface area contributed by atoms with E-state index in [-0.39, 0.29) is 6.04 Å². The second-order valence-corrected chi connectivity index (χ2v) is 5.66. The highest BCUT2D eigenvalue weighted by molar-refractivity contribution is 7.12. The van der Waals surface area contributed by atoms with Gasteiger partial charge in [-0.05, 0) is 38.5 Å². The third-order valence-electron chi connectivity index (χ3n) is 2.71. The molecule has 0 aliphatic rings. The summed E-state index contributed by atoms with van der Waals surface area (Å²) in [7, 11) is 0. The van der Waals surface area contributed by atoms with E-state index >= 15 is 0 Å². The van der Waals surface area contributed by atoms with Crippen molar-refractivity contribution >= 4 is 22.8 Å². The number of thiophene rings is 1. The maximum atomic E-state index is 5.66. The van der Waals surface area contributed by atoms with Gasteiger partial charge in [-0.25, -0.2) is 4.98 Å². The molecule has 3 nitrogen and oxygen atoms in total. The maximum Gasteiger partial charge on any atom is 0.125 e. The Balaban J connectivity index is 2.16. The van der Waals surface area contributed by atoms with Crippen molar-refractivity contribution in [3.8, 4) is 0 Å². The fourth-order valence-electron chi connectivity index (χ4n) is 1.95. The zero-order valence-corrected chi connectivity index (χ0v) is 11.1. The zero-order chi connectivity index (χ0) is 12.4. The van der Waals surface area contributed by atoms with Crippen LogP contribution in [0.25, 0.3) is 0 Å². The molecular formula is C13H17N3S. The standard InChI is InChI=1S/C13H17N3S/c1-8-6-12(10(3)17-8)9(2)16-11-4-5-15-13(14)7-11/h4-7,9H,1-3H3,(H3,14,15,16). The van der Waals surface area contributed by atoms with Crippen LogP contribution < -0.4 is 11.1 Å². The molecule has 90 valence electrons. The van der Waals surface area contributed by atoms with Crippen molar-refractivity contribution in [2.75, 3.05) is 11.1 Å². The molecule has 0 bridgehead atoms. The molecule has 0 saturated carbocycles. The van der Waals surface area contributed by atoms with Crippen LogP contribution in [0.2, 0.25) is 0 Å². The van der Waals surface area contributed by atoms with Crippen LogP contribution in [0, 0.1) is 13.8 Å². The third-order valence-corrected chi connectivity index (χ3v) is 3.69. The number of rotatable bonds is 3. The Labute approximate surface area is 106 Å². The Morgan fingerprint density at radius 3 is 2.71 bits per heavy atom. The first-order chi connectivity index (χ1) is 8.06. The summed E-state index contributed by atoms with van der Waals surface area (Å²) in [4.78, 5) is 6.69. The topological polar surface area (TPSA) is 50.9 Å². The SMILES string of the molecule is Cc1cc(C(C)Nc2ccnc(N)c2)c(C)s1. The predicted molar refractivity (Wildman–Crippen MR) is 74.5 cm³/mol. The normalized spacial score (nSPS) is 12.4. The molecule has 17 heavy (non-hydrogen) atoms. The summed E-state index contributed by atoms with van der Waals surface area (Å²) < 4.78 is 0.